The minimum atomic E-state index is -3.07. The summed E-state index contributed by atoms with van der Waals surface area (Å²) in [5.41, 5.74) is 0.804. The van der Waals surface area contributed by atoms with Crippen molar-refractivity contribution >= 4 is 27.3 Å². The number of hydrogen-bond acceptors (Lipinski definition) is 5. The SMILES string of the molecule is O=C(NC1CCS(=O)(=O)C1)c1ccc(C(=O)C(=O)c2ccccc2)cc1. The second kappa shape index (κ2) is 7.21. The number of benzene rings is 2. The fourth-order valence-corrected chi connectivity index (χ4v) is 4.48. The Morgan fingerprint density at radius 2 is 1.35 bits per heavy atom. The standard InChI is InChI=1S/C19H17NO5S/c21-17(13-4-2-1-3-5-13)18(22)14-6-8-15(9-7-14)19(23)20-16-10-11-26(24,25)12-16/h1-9,16H,10-12H2,(H,20,23). The molecule has 26 heavy (non-hydrogen) atoms. The third-order valence-corrected chi connectivity index (χ3v) is 5.99. The maximum atomic E-state index is 12.3. The lowest BCUT2D eigenvalue weighted by Crippen LogP contribution is -2.35. The van der Waals surface area contributed by atoms with Crippen molar-refractivity contribution in [2.24, 2.45) is 0 Å². The molecule has 1 atom stereocenters. The van der Waals surface area contributed by atoms with Crippen molar-refractivity contribution < 1.29 is 22.8 Å². The van der Waals surface area contributed by atoms with Crippen LogP contribution in [0.1, 0.15) is 37.5 Å². The Hall–Kier alpha value is -2.80. The van der Waals surface area contributed by atoms with E-state index in [1.807, 2.05) is 0 Å². The van der Waals surface area contributed by atoms with Crippen LogP contribution in [0.5, 0.6) is 0 Å². The predicted octanol–water partition coefficient (Wildman–Crippen LogP) is 1.67. The van der Waals surface area contributed by atoms with Gasteiger partial charge in [0.05, 0.1) is 11.5 Å². The van der Waals surface area contributed by atoms with E-state index in [4.69, 9.17) is 0 Å². The van der Waals surface area contributed by atoms with Gasteiger partial charge in [0.2, 0.25) is 11.6 Å². The van der Waals surface area contributed by atoms with E-state index in [1.54, 1.807) is 30.3 Å². The first kappa shape index (κ1) is 18.0. The molecule has 7 heteroatoms. The van der Waals surface area contributed by atoms with Gasteiger partial charge in [-0.05, 0) is 18.6 Å². The second-order valence-corrected chi connectivity index (χ2v) is 8.40. The largest absolute Gasteiger partial charge is 0.348 e. The average Bonchev–Trinajstić information content (AvgIpc) is 2.99. The van der Waals surface area contributed by atoms with Crippen LogP contribution in [0.3, 0.4) is 0 Å². The Kier molecular flexibility index (Phi) is 4.99. The van der Waals surface area contributed by atoms with Gasteiger partial charge in [0.25, 0.3) is 5.91 Å². The van der Waals surface area contributed by atoms with Gasteiger partial charge in [-0.3, -0.25) is 14.4 Å². The zero-order valence-corrected chi connectivity index (χ0v) is 14.7. The molecule has 0 aliphatic carbocycles. The summed E-state index contributed by atoms with van der Waals surface area (Å²) in [5.74, 6) is -1.64. The van der Waals surface area contributed by atoms with E-state index in [0.717, 1.165) is 0 Å². The molecule has 1 heterocycles. The number of carbonyl (C=O) groups is 3. The number of rotatable bonds is 5. The van der Waals surface area contributed by atoms with Gasteiger partial charge in [-0.25, -0.2) is 8.42 Å². The third kappa shape index (κ3) is 4.05. The van der Waals surface area contributed by atoms with Crippen LogP contribution in [-0.2, 0) is 9.84 Å². The van der Waals surface area contributed by atoms with Crippen LogP contribution in [0.2, 0.25) is 0 Å². The number of amides is 1. The summed E-state index contributed by atoms with van der Waals surface area (Å²) in [7, 11) is -3.07. The van der Waals surface area contributed by atoms with Crippen LogP contribution in [0, 0.1) is 0 Å². The van der Waals surface area contributed by atoms with Gasteiger partial charge < -0.3 is 5.32 Å². The molecular formula is C19H17NO5S. The summed E-state index contributed by atoms with van der Waals surface area (Å²) in [6, 6.07) is 13.6. The topological polar surface area (TPSA) is 97.4 Å². The molecule has 1 aliphatic rings. The molecular weight excluding hydrogens is 354 g/mol. The minimum absolute atomic E-state index is 0.0547. The Balaban J connectivity index is 1.67. The summed E-state index contributed by atoms with van der Waals surface area (Å²) < 4.78 is 22.9. The number of nitrogens with one attached hydrogen (secondary N) is 1. The van der Waals surface area contributed by atoms with E-state index in [9.17, 15) is 22.8 Å². The van der Waals surface area contributed by atoms with Crippen molar-refractivity contribution in [3.63, 3.8) is 0 Å². The van der Waals surface area contributed by atoms with Crippen molar-refractivity contribution in [2.45, 2.75) is 12.5 Å². The molecule has 3 rings (SSSR count). The Labute approximate surface area is 151 Å². The monoisotopic (exact) mass is 371 g/mol. The van der Waals surface area contributed by atoms with Crippen molar-refractivity contribution in [2.75, 3.05) is 11.5 Å². The maximum absolute atomic E-state index is 12.3. The number of sulfone groups is 1. The predicted molar refractivity (Wildman–Crippen MR) is 96.1 cm³/mol. The molecule has 1 amide bonds. The second-order valence-electron chi connectivity index (χ2n) is 6.18. The first-order valence-electron chi connectivity index (χ1n) is 8.11. The molecule has 0 aromatic heterocycles. The molecule has 1 N–H and O–H groups in total. The van der Waals surface area contributed by atoms with Crippen LogP contribution in [0.25, 0.3) is 0 Å². The average molecular weight is 371 g/mol. The highest BCUT2D eigenvalue weighted by molar-refractivity contribution is 7.91. The van der Waals surface area contributed by atoms with Gasteiger partial charge in [-0.2, -0.15) is 0 Å². The van der Waals surface area contributed by atoms with Gasteiger partial charge in [-0.15, -0.1) is 0 Å². The molecule has 0 radical (unpaired) electrons. The smallest absolute Gasteiger partial charge is 0.251 e. The van der Waals surface area contributed by atoms with Crippen LogP contribution in [0.4, 0.5) is 0 Å². The number of Topliss-reactive ketones (excluding diaryl/α,β-unsaturated/α-hetero) is 2. The fourth-order valence-electron chi connectivity index (χ4n) is 2.80. The Morgan fingerprint density at radius 1 is 0.808 bits per heavy atom. The minimum Gasteiger partial charge on any atom is -0.348 e. The van der Waals surface area contributed by atoms with E-state index in [2.05, 4.69) is 5.32 Å². The molecule has 6 nitrogen and oxygen atoms in total. The normalized spacial score (nSPS) is 18.2. The zero-order valence-electron chi connectivity index (χ0n) is 13.8. The molecule has 1 aliphatic heterocycles. The van der Waals surface area contributed by atoms with Crippen molar-refractivity contribution in [3.05, 3.63) is 71.3 Å². The molecule has 0 saturated carbocycles. The number of hydrogen-bond donors (Lipinski definition) is 1. The highest BCUT2D eigenvalue weighted by Gasteiger charge is 2.29. The van der Waals surface area contributed by atoms with E-state index in [0.29, 0.717) is 17.5 Å². The summed E-state index contributed by atoms with van der Waals surface area (Å²) in [4.78, 5) is 36.6. The first-order chi connectivity index (χ1) is 12.4. The molecule has 0 spiro atoms. The lowest BCUT2D eigenvalue weighted by atomic mass is 10.0. The molecule has 1 fully saturated rings. The van der Waals surface area contributed by atoms with Gasteiger partial charge in [0.1, 0.15) is 0 Å². The molecule has 1 unspecified atom stereocenters. The van der Waals surface area contributed by atoms with Gasteiger partial charge in [0, 0.05) is 22.7 Å². The lowest BCUT2D eigenvalue weighted by Gasteiger charge is -2.11. The number of ketones is 2. The number of carbonyl (C=O) groups excluding carboxylic acids is 3. The highest BCUT2D eigenvalue weighted by atomic mass is 32.2. The van der Waals surface area contributed by atoms with Crippen molar-refractivity contribution in [1.82, 2.24) is 5.32 Å². The first-order valence-corrected chi connectivity index (χ1v) is 9.93. The molecule has 134 valence electrons. The van der Waals surface area contributed by atoms with E-state index >= 15 is 0 Å². The zero-order chi connectivity index (χ0) is 18.7. The van der Waals surface area contributed by atoms with E-state index < -0.39 is 33.4 Å². The molecule has 2 aromatic rings. The van der Waals surface area contributed by atoms with E-state index in [1.165, 1.54) is 24.3 Å². The fraction of sp³-hybridized carbons (Fsp3) is 0.211. The van der Waals surface area contributed by atoms with E-state index in [-0.39, 0.29) is 17.1 Å². The molecule has 1 saturated heterocycles. The quantitative estimate of drug-likeness (QED) is 0.637. The molecule has 2 aromatic carbocycles. The summed E-state index contributed by atoms with van der Waals surface area (Å²) in [6.07, 6.45) is 0.399. The van der Waals surface area contributed by atoms with Gasteiger partial charge >= 0.3 is 0 Å². The Morgan fingerprint density at radius 3 is 1.88 bits per heavy atom. The maximum Gasteiger partial charge on any atom is 0.251 e. The van der Waals surface area contributed by atoms with Crippen molar-refractivity contribution in [1.29, 1.82) is 0 Å². The van der Waals surface area contributed by atoms with Crippen LogP contribution in [0.15, 0.2) is 54.6 Å². The Bertz CT molecular complexity index is 949. The van der Waals surface area contributed by atoms with Crippen LogP contribution < -0.4 is 5.32 Å². The third-order valence-electron chi connectivity index (χ3n) is 4.22. The molecule has 0 bridgehead atoms. The summed E-state index contributed by atoms with van der Waals surface area (Å²) >= 11 is 0. The van der Waals surface area contributed by atoms with Gasteiger partial charge in [-0.1, -0.05) is 42.5 Å². The highest BCUT2D eigenvalue weighted by Crippen LogP contribution is 2.13. The van der Waals surface area contributed by atoms with Crippen molar-refractivity contribution in [3.8, 4) is 0 Å². The lowest BCUT2D eigenvalue weighted by molar-refractivity contribution is 0.0817. The summed E-state index contributed by atoms with van der Waals surface area (Å²) in [6.45, 7) is 0. The van der Waals surface area contributed by atoms with Crippen LogP contribution in [-0.4, -0.2) is 43.4 Å². The van der Waals surface area contributed by atoms with Gasteiger partial charge in [0.15, 0.2) is 9.84 Å². The van der Waals surface area contributed by atoms with Crippen LogP contribution >= 0.6 is 0 Å². The summed E-state index contributed by atoms with van der Waals surface area (Å²) in [5, 5.41) is 2.68.